The number of hydrogen-bond acceptors (Lipinski definition) is 3. The van der Waals surface area contributed by atoms with E-state index < -0.39 is 10.0 Å². The predicted octanol–water partition coefficient (Wildman–Crippen LogP) is 3.37. The smallest absolute Gasteiger partial charge is 0.263 e. The van der Waals surface area contributed by atoms with Gasteiger partial charge in [-0.25, -0.2) is 8.42 Å². The summed E-state index contributed by atoms with van der Waals surface area (Å²) in [5.41, 5.74) is 1.85. The fourth-order valence-corrected chi connectivity index (χ4v) is 4.90. The second-order valence-corrected chi connectivity index (χ2v) is 7.89. The molecule has 0 radical (unpaired) electrons. The number of aromatic nitrogens is 1. The summed E-state index contributed by atoms with van der Waals surface area (Å²) in [6.45, 7) is 1.94. The van der Waals surface area contributed by atoms with Crippen LogP contribution >= 0.6 is 15.9 Å². The predicted molar refractivity (Wildman–Crippen MR) is 85.8 cm³/mol. The van der Waals surface area contributed by atoms with Gasteiger partial charge in [-0.1, -0.05) is 18.2 Å². The average Bonchev–Trinajstić information content (AvgIpc) is 2.46. The Balaban J connectivity index is 2.15. The Hall–Kier alpha value is -1.40. The number of anilines is 1. The van der Waals surface area contributed by atoms with Crippen LogP contribution in [0.5, 0.6) is 0 Å². The summed E-state index contributed by atoms with van der Waals surface area (Å²) in [6, 6.07) is 9.20. The minimum Gasteiger partial charge on any atom is -0.263 e. The van der Waals surface area contributed by atoms with E-state index in [-0.39, 0.29) is 10.9 Å². The molecular weight excluding hydrogens is 352 g/mol. The molecule has 1 aliphatic rings. The second kappa shape index (κ2) is 5.42. The van der Waals surface area contributed by atoms with Gasteiger partial charge in [0.2, 0.25) is 0 Å². The first-order chi connectivity index (χ1) is 10.00. The van der Waals surface area contributed by atoms with E-state index in [0.29, 0.717) is 4.47 Å². The maximum atomic E-state index is 13.0. The van der Waals surface area contributed by atoms with Crippen LogP contribution in [0.2, 0.25) is 0 Å². The Labute approximate surface area is 133 Å². The Morgan fingerprint density at radius 1 is 1.29 bits per heavy atom. The Bertz CT molecular complexity index is 777. The number of pyridine rings is 1. The lowest BCUT2D eigenvalue weighted by molar-refractivity contribution is 0.562. The van der Waals surface area contributed by atoms with Crippen molar-refractivity contribution in [3.8, 4) is 0 Å². The molecular formula is C15H15BrN2O2S. The van der Waals surface area contributed by atoms with Crippen molar-refractivity contribution in [3.05, 3.63) is 52.8 Å². The average molecular weight is 367 g/mol. The van der Waals surface area contributed by atoms with Crippen molar-refractivity contribution in [1.29, 1.82) is 0 Å². The molecule has 1 aromatic carbocycles. The number of nitrogens with zero attached hydrogens (tertiary/aromatic N) is 2. The lowest BCUT2D eigenvalue weighted by Gasteiger charge is -2.35. The molecule has 0 fully saturated rings. The van der Waals surface area contributed by atoms with Crippen LogP contribution in [0.4, 0.5) is 5.69 Å². The van der Waals surface area contributed by atoms with Gasteiger partial charge < -0.3 is 0 Å². The highest BCUT2D eigenvalue weighted by molar-refractivity contribution is 9.10. The fraction of sp³-hybridized carbons (Fsp3) is 0.267. The molecule has 0 spiro atoms. The van der Waals surface area contributed by atoms with Crippen LogP contribution in [-0.4, -0.2) is 19.4 Å². The molecule has 1 atom stereocenters. The lowest BCUT2D eigenvalue weighted by atomic mass is 9.99. The SMILES string of the molecule is CC1CCc2ccccc2N1S(=O)(=O)c1cncc(Br)c1. The highest BCUT2D eigenvalue weighted by Crippen LogP contribution is 2.35. The second-order valence-electron chi connectivity index (χ2n) is 5.16. The van der Waals surface area contributed by atoms with Gasteiger partial charge >= 0.3 is 0 Å². The molecule has 4 nitrogen and oxygen atoms in total. The number of halogens is 1. The maximum absolute atomic E-state index is 13.0. The zero-order valence-electron chi connectivity index (χ0n) is 11.5. The van der Waals surface area contributed by atoms with Crippen molar-refractivity contribution in [2.45, 2.75) is 30.7 Å². The van der Waals surface area contributed by atoms with Crippen molar-refractivity contribution in [2.24, 2.45) is 0 Å². The topological polar surface area (TPSA) is 50.3 Å². The summed E-state index contributed by atoms with van der Waals surface area (Å²) in [4.78, 5) is 4.18. The van der Waals surface area contributed by atoms with Gasteiger partial charge in [0.1, 0.15) is 4.90 Å². The zero-order valence-corrected chi connectivity index (χ0v) is 13.9. The zero-order chi connectivity index (χ0) is 15.0. The van der Waals surface area contributed by atoms with Crippen LogP contribution in [0.15, 0.2) is 52.1 Å². The van der Waals surface area contributed by atoms with Crippen molar-refractivity contribution in [1.82, 2.24) is 4.98 Å². The van der Waals surface area contributed by atoms with Crippen molar-refractivity contribution < 1.29 is 8.42 Å². The number of benzene rings is 1. The van der Waals surface area contributed by atoms with E-state index in [1.165, 1.54) is 10.5 Å². The van der Waals surface area contributed by atoms with Gasteiger partial charge in [-0.2, -0.15) is 0 Å². The van der Waals surface area contributed by atoms with Crippen molar-refractivity contribution >= 4 is 31.6 Å². The third-order valence-electron chi connectivity index (χ3n) is 3.70. The minimum atomic E-state index is -3.61. The molecule has 0 aliphatic carbocycles. The van der Waals surface area contributed by atoms with Crippen LogP contribution < -0.4 is 4.31 Å². The molecule has 1 unspecified atom stereocenters. The Morgan fingerprint density at radius 3 is 2.81 bits per heavy atom. The molecule has 110 valence electrons. The van der Waals surface area contributed by atoms with Gasteiger partial charge in [-0.3, -0.25) is 9.29 Å². The lowest BCUT2D eigenvalue weighted by Crippen LogP contribution is -2.42. The van der Waals surface area contributed by atoms with Crippen molar-refractivity contribution in [2.75, 3.05) is 4.31 Å². The van der Waals surface area contributed by atoms with Gasteiger partial charge in [-0.05, 0) is 53.4 Å². The number of aryl methyl sites for hydroxylation is 1. The summed E-state index contributed by atoms with van der Waals surface area (Å²) in [7, 11) is -3.61. The highest BCUT2D eigenvalue weighted by atomic mass is 79.9. The van der Waals surface area contributed by atoms with Crippen LogP contribution in [-0.2, 0) is 16.4 Å². The molecule has 3 rings (SSSR count). The maximum Gasteiger partial charge on any atom is 0.266 e. The summed E-state index contributed by atoms with van der Waals surface area (Å²) < 4.78 is 28.1. The summed E-state index contributed by atoms with van der Waals surface area (Å²) in [5, 5.41) is 0. The molecule has 0 saturated carbocycles. The molecule has 1 aromatic heterocycles. The first kappa shape index (κ1) is 14.5. The third-order valence-corrected chi connectivity index (χ3v) is 6.02. The highest BCUT2D eigenvalue weighted by Gasteiger charge is 2.33. The molecule has 2 heterocycles. The number of sulfonamides is 1. The van der Waals surface area contributed by atoms with E-state index >= 15 is 0 Å². The summed E-state index contributed by atoms with van der Waals surface area (Å²) >= 11 is 3.28. The quantitative estimate of drug-likeness (QED) is 0.818. The fourth-order valence-electron chi connectivity index (χ4n) is 2.67. The molecule has 1 aliphatic heterocycles. The summed E-state index contributed by atoms with van der Waals surface area (Å²) in [6.07, 6.45) is 4.69. The van der Waals surface area contributed by atoms with Gasteiger partial charge in [-0.15, -0.1) is 0 Å². The minimum absolute atomic E-state index is 0.0659. The molecule has 0 saturated heterocycles. The van der Waals surface area contributed by atoms with Crippen LogP contribution in [0.25, 0.3) is 0 Å². The van der Waals surface area contributed by atoms with Gasteiger partial charge in [0, 0.05) is 22.9 Å². The van der Waals surface area contributed by atoms with E-state index in [1.54, 1.807) is 12.3 Å². The van der Waals surface area contributed by atoms with E-state index in [2.05, 4.69) is 20.9 Å². The van der Waals surface area contributed by atoms with Crippen molar-refractivity contribution in [3.63, 3.8) is 0 Å². The molecule has 21 heavy (non-hydrogen) atoms. The van der Waals surface area contributed by atoms with Crippen LogP contribution in [0.3, 0.4) is 0 Å². The summed E-state index contributed by atoms with van der Waals surface area (Å²) in [5.74, 6) is 0. The third kappa shape index (κ3) is 2.58. The number of hydrogen-bond donors (Lipinski definition) is 0. The molecule has 0 bridgehead atoms. The largest absolute Gasteiger partial charge is 0.266 e. The molecule has 6 heteroatoms. The van der Waals surface area contributed by atoms with Crippen LogP contribution in [0.1, 0.15) is 18.9 Å². The first-order valence-corrected chi connectivity index (χ1v) is 8.96. The standard InChI is InChI=1S/C15H15BrN2O2S/c1-11-6-7-12-4-2-3-5-15(12)18(11)21(19,20)14-8-13(16)9-17-10-14/h2-5,8-11H,6-7H2,1H3. The van der Waals surface area contributed by atoms with Crippen LogP contribution in [0, 0.1) is 0 Å². The number of rotatable bonds is 2. The van der Waals surface area contributed by atoms with Gasteiger partial charge in [0.15, 0.2) is 0 Å². The number of para-hydroxylation sites is 1. The van der Waals surface area contributed by atoms with Gasteiger partial charge in [0.05, 0.1) is 5.69 Å². The monoisotopic (exact) mass is 366 g/mol. The Morgan fingerprint density at radius 2 is 2.05 bits per heavy atom. The molecule has 2 aromatic rings. The van der Waals surface area contributed by atoms with Gasteiger partial charge in [0.25, 0.3) is 10.0 Å². The normalized spacial score (nSPS) is 18.4. The van der Waals surface area contributed by atoms with E-state index in [9.17, 15) is 8.42 Å². The molecule has 0 amide bonds. The first-order valence-electron chi connectivity index (χ1n) is 6.73. The number of fused-ring (bicyclic) bond motifs is 1. The Kier molecular flexibility index (Phi) is 3.75. The molecule has 0 N–H and O–H groups in total. The van der Waals surface area contributed by atoms with E-state index in [1.807, 2.05) is 31.2 Å². The van der Waals surface area contributed by atoms with E-state index in [0.717, 1.165) is 24.1 Å². The van der Waals surface area contributed by atoms with E-state index in [4.69, 9.17) is 0 Å².